The van der Waals surface area contributed by atoms with Crippen LogP contribution in [0.3, 0.4) is 0 Å². The molecule has 0 aliphatic heterocycles. The summed E-state index contributed by atoms with van der Waals surface area (Å²) in [6.45, 7) is 3.37. The third-order valence-corrected chi connectivity index (χ3v) is 5.34. The number of nitrogens with zero attached hydrogens (tertiary/aromatic N) is 2. The maximum atomic E-state index is 11.8. The monoisotopic (exact) mass is 299 g/mol. The second-order valence-corrected chi connectivity index (χ2v) is 7.60. The van der Waals surface area contributed by atoms with Gasteiger partial charge in [0.15, 0.2) is 0 Å². The average Bonchev–Trinajstić information content (AvgIpc) is 2.42. The molecular weight excluding hydrogens is 278 g/mol. The Kier molecular flexibility index (Phi) is 4.93. The third kappa shape index (κ3) is 4.14. The van der Waals surface area contributed by atoms with E-state index in [-0.39, 0.29) is 12.1 Å². The second-order valence-electron chi connectivity index (χ2n) is 5.33. The van der Waals surface area contributed by atoms with Crippen molar-refractivity contribution in [2.75, 3.05) is 0 Å². The maximum absolute atomic E-state index is 11.8. The van der Waals surface area contributed by atoms with Gasteiger partial charge in [0.25, 0.3) is 0 Å². The van der Waals surface area contributed by atoms with E-state index in [0.717, 1.165) is 25.7 Å². The van der Waals surface area contributed by atoms with Crippen molar-refractivity contribution in [3.8, 4) is 6.01 Å². The molecule has 0 spiro atoms. The lowest BCUT2D eigenvalue weighted by molar-refractivity contribution is 0.132. The molecule has 1 aliphatic rings. The summed E-state index contributed by atoms with van der Waals surface area (Å²) in [5.74, 6) is 0. The first-order chi connectivity index (χ1) is 9.47. The third-order valence-electron chi connectivity index (χ3n) is 3.44. The molecule has 0 atom stereocenters. The number of nitrogens with one attached hydrogen (secondary N) is 1. The van der Waals surface area contributed by atoms with Gasteiger partial charge in [-0.2, -0.15) is 0 Å². The van der Waals surface area contributed by atoms with Crippen LogP contribution >= 0.6 is 0 Å². The fourth-order valence-corrected chi connectivity index (χ4v) is 3.13. The van der Waals surface area contributed by atoms with Gasteiger partial charge in [-0.3, -0.25) is 0 Å². The van der Waals surface area contributed by atoms with Crippen LogP contribution in [-0.2, 0) is 10.0 Å². The van der Waals surface area contributed by atoms with Gasteiger partial charge in [0.1, 0.15) is 6.10 Å². The minimum Gasteiger partial charge on any atom is -0.460 e. The van der Waals surface area contributed by atoms with Crippen molar-refractivity contribution >= 4 is 10.0 Å². The molecule has 112 valence electrons. The van der Waals surface area contributed by atoms with Gasteiger partial charge >= 0.3 is 6.01 Å². The number of rotatable bonds is 5. The van der Waals surface area contributed by atoms with Gasteiger partial charge in [-0.05, 0) is 45.6 Å². The van der Waals surface area contributed by atoms with E-state index in [1.54, 1.807) is 32.3 Å². The maximum Gasteiger partial charge on any atom is 0.316 e. The van der Waals surface area contributed by atoms with Crippen LogP contribution in [0.15, 0.2) is 18.5 Å². The van der Waals surface area contributed by atoms with Gasteiger partial charge in [0.05, 0.1) is 5.25 Å². The highest BCUT2D eigenvalue weighted by Crippen LogP contribution is 2.22. The Bertz CT molecular complexity index is 511. The van der Waals surface area contributed by atoms with Crippen LogP contribution in [-0.4, -0.2) is 35.8 Å². The number of aromatic nitrogens is 2. The summed E-state index contributed by atoms with van der Waals surface area (Å²) < 4.78 is 32.1. The first kappa shape index (κ1) is 15.2. The highest BCUT2D eigenvalue weighted by molar-refractivity contribution is 7.90. The Morgan fingerprint density at radius 3 is 2.35 bits per heavy atom. The zero-order chi connectivity index (χ0) is 14.6. The van der Waals surface area contributed by atoms with E-state index in [0.29, 0.717) is 6.01 Å². The summed E-state index contributed by atoms with van der Waals surface area (Å²) in [5.41, 5.74) is 0. The van der Waals surface area contributed by atoms with Crippen molar-refractivity contribution in [3.63, 3.8) is 0 Å². The van der Waals surface area contributed by atoms with Crippen LogP contribution in [0.2, 0.25) is 0 Å². The molecule has 1 saturated carbocycles. The second kappa shape index (κ2) is 6.49. The smallest absolute Gasteiger partial charge is 0.316 e. The Labute approximate surface area is 120 Å². The van der Waals surface area contributed by atoms with Crippen LogP contribution in [0, 0.1) is 0 Å². The predicted octanol–water partition coefficient (Wildman–Crippen LogP) is 1.49. The minimum atomic E-state index is -3.19. The number of hydrogen-bond acceptors (Lipinski definition) is 5. The molecule has 1 fully saturated rings. The van der Waals surface area contributed by atoms with Crippen LogP contribution in [0.25, 0.3) is 0 Å². The molecule has 7 heteroatoms. The van der Waals surface area contributed by atoms with Gasteiger partial charge in [0.2, 0.25) is 10.0 Å². The lowest BCUT2D eigenvalue weighted by Gasteiger charge is -2.29. The SMILES string of the molecule is CC(C)S(=O)(=O)NC1CCC(Oc2ncccn2)CC1. The topological polar surface area (TPSA) is 81.2 Å². The summed E-state index contributed by atoms with van der Waals surface area (Å²) in [6.07, 6.45) is 6.53. The summed E-state index contributed by atoms with van der Waals surface area (Å²) in [6, 6.07) is 2.14. The number of sulfonamides is 1. The first-order valence-electron chi connectivity index (χ1n) is 6.92. The van der Waals surface area contributed by atoms with E-state index in [9.17, 15) is 8.42 Å². The average molecular weight is 299 g/mol. The summed E-state index contributed by atoms with van der Waals surface area (Å²) in [7, 11) is -3.19. The standard InChI is InChI=1S/C13H21N3O3S/c1-10(2)20(17,18)16-11-4-6-12(7-5-11)19-13-14-8-3-9-15-13/h3,8-12,16H,4-7H2,1-2H3. The van der Waals surface area contributed by atoms with E-state index in [4.69, 9.17) is 4.74 Å². The quantitative estimate of drug-likeness (QED) is 0.891. The predicted molar refractivity (Wildman–Crippen MR) is 75.9 cm³/mol. The highest BCUT2D eigenvalue weighted by Gasteiger charge is 2.27. The first-order valence-corrected chi connectivity index (χ1v) is 8.47. The Hall–Kier alpha value is -1.21. The summed E-state index contributed by atoms with van der Waals surface area (Å²) in [5, 5.41) is -0.394. The molecule has 0 unspecified atom stereocenters. The zero-order valence-corrected chi connectivity index (χ0v) is 12.6. The van der Waals surface area contributed by atoms with Crippen molar-refractivity contribution in [3.05, 3.63) is 18.5 Å². The molecular formula is C13H21N3O3S. The molecule has 6 nitrogen and oxygen atoms in total. The van der Waals surface area contributed by atoms with Crippen LogP contribution in [0.4, 0.5) is 0 Å². The summed E-state index contributed by atoms with van der Waals surface area (Å²) >= 11 is 0. The van der Waals surface area contributed by atoms with Gasteiger partial charge in [-0.15, -0.1) is 0 Å². The van der Waals surface area contributed by atoms with Gasteiger partial charge in [0, 0.05) is 18.4 Å². The number of hydrogen-bond donors (Lipinski definition) is 1. The van der Waals surface area contributed by atoms with E-state index in [1.165, 1.54) is 0 Å². The van der Waals surface area contributed by atoms with Gasteiger partial charge in [-0.25, -0.2) is 23.1 Å². The zero-order valence-electron chi connectivity index (χ0n) is 11.8. The number of ether oxygens (including phenoxy) is 1. The van der Waals surface area contributed by atoms with Crippen molar-refractivity contribution in [1.29, 1.82) is 0 Å². The molecule has 0 saturated heterocycles. The molecule has 2 rings (SSSR count). The molecule has 1 aromatic heterocycles. The molecule has 0 radical (unpaired) electrons. The van der Waals surface area contributed by atoms with E-state index in [2.05, 4.69) is 14.7 Å². The lowest BCUT2D eigenvalue weighted by atomic mass is 9.94. The minimum absolute atomic E-state index is 0.0129. The fourth-order valence-electron chi connectivity index (χ4n) is 2.16. The van der Waals surface area contributed by atoms with Crippen molar-refractivity contribution in [2.45, 2.75) is 56.9 Å². The van der Waals surface area contributed by atoms with Crippen LogP contribution in [0.5, 0.6) is 6.01 Å². The van der Waals surface area contributed by atoms with Gasteiger partial charge < -0.3 is 4.74 Å². The molecule has 1 N–H and O–H groups in total. The van der Waals surface area contributed by atoms with Crippen LogP contribution < -0.4 is 9.46 Å². The fraction of sp³-hybridized carbons (Fsp3) is 0.692. The van der Waals surface area contributed by atoms with Crippen molar-refractivity contribution in [1.82, 2.24) is 14.7 Å². The molecule has 0 bridgehead atoms. The highest BCUT2D eigenvalue weighted by atomic mass is 32.2. The Morgan fingerprint density at radius 1 is 1.20 bits per heavy atom. The van der Waals surface area contributed by atoms with Crippen LogP contribution in [0.1, 0.15) is 39.5 Å². The van der Waals surface area contributed by atoms with Gasteiger partial charge in [-0.1, -0.05) is 0 Å². The lowest BCUT2D eigenvalue weighted by Crippen LogP contribution is -2.42. The molecule has 20 heavy (non-hydrogen) atoms. The molecule has 1 aromatic rings. The molecule has 0 amide bonds. The van der Waals surface area contributed by atoms with Crippen molar-refractivity contribution < 1.29 is 13.2 Å². The largest absolute Gasteiger partial charge is 0.460 e. The molecule has 0 aromatic carbocycles. The van der Waals surface area contributed by atoms with E-state index < -0.39 is 15.3 Å². The summed E-state index contributed by atoms with van der Waals surface area (Å²) in [4.78, 5) is 8.06. The normalized spacial score (nSPS) is 23.8. The molecule has 1 aliphatic carbocycles. The Morgan fingerprint density at radius 2 is 1.80 bits per heavy atom. The van der Waals surface area contributed by atoms with Crippen molar-refractivity contribution in [2.24, 2.45) is 0 Å². The Balaban J connectivity index is 1.81. The molecule has 1 heterocycles. The van der Waals surface area contributed by atoms with E-state index in [1.807, 2.05) is 0 Å². The van der Waals surface area contributed by atoms with E-state index >= 15 is 0 Å².